The molecule has 6 heteroatoms. The molecule has 1 aliphatic rings. The van der Waals surface area contributed by atoms with Crippen molar-refractivity contribution in [2.75, 3.05) is 0 Å². The molecule has 2 unspecified atom stereocenters. The fourth-order valence-corrected chi connectivity index (χ4v) is 3.64. The Balaban J connectivity index is 2.07. The number of aromatic nitrogens is 2. The van der Waals surface area contributed by atoms with Gasteiger partial charge in [-0.25, -0.2) is 15.7 Å². The Kier molecular flexibility index (Phi) is 6.57. The van der Waals surface area contributed by atoms with Crippen LogP contribution in [0.1, 0.15) is 52.4 Å². The van der Waals surface area contributed by atoms with Crippen LogP contribution in [0.2, 0.25) is 0 Å². The second-order valence-corrected chi connectivity index (χ2v) is 7.51. The van der Waals surface area contributed by atoms with Crippen LogP contribution in [-0.4, -0.2) is 26.7 Å². The molecule has 0 spiro atoms. The van der Waals surface area contributed by atoms with Crippen molar-refractivity contribution in [3.8, 4) is 0 Å². The number of aliphatic carboxylic acids is 1. The summed E-state index contributed by atoms with van der Waals surface area (Å²) in [5, 5.41) is 9.03. The first-order chi connectivity index (χ1) is 11.4. The lowest BCUT2D eigenvalue weighted by Gasteiger charge is -2.36. The molecule has 0 amide bonds. The third-order valence-electron chi connectivity index (χ3n) is 4.93. The maximum atomic E-state index is 11.0. The Bertz CT molecular complexity index is 552. The van der Waals surface area contributed by atoms with Crippen LogP contribution in [0.25, 0.3) is 0 Å². The molecule has 6 nitrogen and oxygen atoms in total. The zero-order chi connectivity index (χ0) is 17.6. The molecule has 2 atom stereocenters. The van der Waals surface area contributed by atoms with E-state index in [1.54, 1.807) is 6.20 Å². The first kappa shape index (κ1) is 18.7. The van der Waals surface area contributed by atoms with Gasteiger partial charge in [-0.05, 0) is 43.4 Å². The largest absolute Gasteiger partial charge is 0.479 e. The Morgan fingerprint density at radius 2 is 2.38 bits per heavy atom. The first-order valence-electron chi connectivity index (χ1n) is 8.64. The maximum Gasteiger partial charge on any atom is 0.334 e. The summed E-state index contributed by atoms with van der Waals surface area (Å²) in [5.41, 5.74) is 1.72. The first-order valence-corrected chi connectivity index (χ1v) is 8.64. The highest BCUT2D eigenvalue weighted by molar-refractivity contribution is 5.72. The third-order valence-corrected chi connectivity index (χ3v) is 4.93. The quantitative estimate of drug-likeness (QED) is 0.562. The normalized spacial score (nSPS) is 22.3. The van der Waals surface area contributed by atoms with E-state index in [4.69, 9.17) is 11.0 Å². The smallest absolute Gasteiger partial charge is 0.334 e. The predicted molar refractivity (Wildman–Crippen MR) is 92.0 cm³/mol. The molecule has 0 aromatic carbocycles. The van der Waals surface area contributed by atoms with Crippen LogP contribution in [0, 0.1) is 11.3 Å². The summed E-state index contributed by atoms with van der Waals surface area (Å²) in [5.74, 6) is 4.59. The summed E-state index contributed by atoms with van der Waals surface area (Å²) in [6, 6.07) is 0. The fraction of sp³-hybridized carbons (Fsp3) is 0.667. The van der Waals surface area contributed by atoms with Gasteiger partial charge in [0.05, 0.1) is 6.33 Å². The van der Waals surface area contributed by atoms with Crippen LogP contribution >= 0.6 is 0 Å². The second-order valence-electron chi connectivity index (χ2n) is 7.51. The van der Waals surface area contributed by atoms with Gasteiger partial charge in [0.1, 0.15) is 0 Å². The van der Waals surface area contributed by atoms with Crippen LogP contribution in [-0.2, 0) is 16.2 Å². The Labute approximate surface area is 143 Å². The standard InChI is InChI=1S/C18H29N3O3/c1-18(2)8-4-6-14(11-18)15(12-21-10-9-20-13-21)5-3-7-16(24-19)17(22)23/h5,9-10,13-14,16H,3-4,6-8,11-12,19H2,1-2H3,(H,22,23). The van der Waals surface area contributed by atoms with Crippen molar-refractivity contribution in [3.63, 3.8) is 0 Å². The average molecular weight is 335 g/mol. The summed E-state index contributed by atoms with van der Waals surface area (Å²) in [7, 11) is 0. The van der Waals surface area contributed by atoms with Crippen molar-refractivity contribution in [1.29, 1.82) is 0 Å². The summed E-state index contributed by atoms with van der Waals surface area (Å²) >= 11 is 0. The minimum Gasteiger partial charge on any atom is -0.479 e. The number of nitrogens with two attached hydrogens (primary N) is 1. The van der Waals surface area contributed by atoms with E-state index in [0.29, 0.717) is 24.2 Å². The minimum absolute atomic E-state index is 0.362. The number of nitrogens with zero attached hydrogens (tertiary/aromatic N) is 2. The highest BCUT2D eigenvalue weighted by Gasteiger charge is 2.30. The topological polar surface area (TPSA) is 90.4 Å². The van der Waals surface area contributed by atoms with Crippen LogP contribution in [0.3, 0.4) is 0 Å². The number of allylic oxidation sites excluding steroid dienone is 2. The van der Waals surface area contributed by atoms with Gasteiger partial charge in [-0.1, -0.05) is 31.9 Å². The Morgan fingerprint density at radius 3 is 2.96 bits per heavy atom. The Hall–Kier alpha value is -1.66. The average Bonchev–Trinajstić information content (AvgIpc) is 3.02. The van der Waals surface area contributed by atoms with E-state index in [1.165, 1.54) is 31.3 Å². The molecule has 1 saturated carbocycles. The van der Waals surface area contributed by atoms with Gasteiger partial charge in [-0.3, -0.25) is 4.84 Å². The molecule has 1 aromatic heterocycles. The molecule has 1 heterocycles. The van der Waals surface area contributed by atoms with Crippen LogP contribution in [0.15, 0.2) is 30.4 Å². The van der Waals surface area contributed by atoms with Crippen LogP contribution in [0.5, 0.6) is 0 Å². The van der Waals surface area contributed by atoms with Gasteiger partial charge in [-0.2, -0.15) is 0 Å². The van der Waals surface area contributed by atoms with Crippen molar-refractivity contribution in [2.24, 2.45) is 17.2 Å². The number of rotatable bonds is 8. The molecule has 0 saturated heterocycles. The van der Waals surface area contributed by atoms with E-state index in [0.717, 1.165) is 6.54 Å². The number of imidazole rings is 1. The molecule has 1 fully saturated rings. The maximum absolute atomic E-state index is 11.0. The van der Waals surface area contributed by atoms with Gasteiger partial charge in [0.2, 0.25) is 0 Å². The zero-order valence-corrected chi connectivity index (χ0v) is 14.6. The van der Waals surface area contributed by atoms with Gasteiger partial charge < -0.3 is 9.67 Å². The molecule has 0 aliphatic heterocycles. The lowest BCUT2D eigenvalue weighted by Crippen LogP contribution is -2.27. The monoisotopic (exact) mass is 335 g/mol. The minimum atomic E-state index is -1.01. The van der Waals surface area contributed by atoms with Gasteiger partial charge in [0, 0.05) is 18.9 Å². The van der Waals surface area contributed by atoms with Gasteiger partial charge in [-0.15, -0.1) is 0 Å². The molecule has 1 aromatic rings. The van der Waals surface area contributed by atoms with E-state index in [9.17, 15) is 4.79 Å². The van der Waals surface area contributed by atoms with Crippen molar-refractivity contribution in [3.05, 3.63) is 30.4 Å². The van der Waals surface area contributed by atoms with Gasteiger partial charge >= 0.3 is 5.97 Å². The zero-order valence-electron chi connectivity index (χ0n) is 14.6. The van der Waals surface area contributed by atoms with Crippen molar-refractivity contribution >= 4 is 5.97 Å². The molecular formula is C18H29N3O3. The highest BCUT2D eigenvalue weighted by atomic mass is 16.6. The van der Waals surface area contributed by atoms with E-state index in [1.807, 2.05) is 12.5 Å². The van der Waals surface area contributed by atoms with Gasteiger partial charge in [0.15, 0.2) is 6.10 Å². The Morgan fingerprint density at radius 1 is 1.58 bits per heavy atom. The van der Waals surface area contributed by atoms with Gasteiger partial charge in [0.25, 0.3) is 0 Å². The van der Waals surface area contributed by atoms with Crippen molar-refractivity contribution in [1.82, 2.24) is 9.55 Å². The predicted octanol–water partition coefficient (Wildman–Crippen LogP) is 3.15. The highest BCUT2D eigenvalue weighted by Crippen LogP contribution is 2.42. The van der Waals surface area contributed by atoms with Crippen LogP contribution in [0.4, 0.5) is 0 Å². The molecule has 134 valence electrons. The molecule has 2 rings (SSSR count). The molecule has 24 heavy (non-hydrogen) atoms. The lowest BCUT2D eigenvalue weighted by molar-refractivity contribution is -0.151. The summed E-state index contributed by atoms with van der Waals surface area (Å²) in [6.45, 7) is 5.47. The number of carbonyl (C=O) groups is 1. The molecule has 0 radical (unpaired) electrons. The van der Waals surface area contributed by atoms with E-state index in [-0.39, 0.29) is 0 Å². The SMILES string of the molecule is CC1(C)CCCC(C(=CCCC(ON)C(=O)O)Cn2ccnc2)C1. The molecule has 3 N–H and O–H groups in total. The summed E-state index contributed by atoms with van der Waals surface area (Å²) in [4.78, 5) is 19.7. The number of hydrogen-bond donors (Lipinski definition) is 2. The lowest BCUT2D eigenvalue weighted by atomic mass is 9.70. The number of hydrogen-bond acceptors (Lipinski definition) is 4. The van der Waals surface area contributed by atoms with E-state index in [2.05, 4.69) is 34.3 Å². The summed E-state index contributed by atoms with van der Waals surface area (Å²) in [6.07, 6.45) is 12.7. The van der Waals surface area contributed by atoms with Crippen LogP contribution < -0.4 is 5.90 Å². The summed E-state index contributed by atoms with van der Waals surface area (Å²) < 4.78 is 2.07. The fourth-order valence-electron chi connectivity index (χ4n) is 3.64. The number of carboxylic acids is 1. The van der Waals surface area contributed by atoms with E-state index >= 15 is 0 Å². The van der Waals surface area contributed by atoms with E-state index < -0.39 is 12.1 Å². The molecule has 0 bridgehead atoms. The van der Waals surface area contributed by atoms with Crippen molar-refractivity contribution in [2.45, 2.75) is 65.0 Å². The van der Waals surface area contributed by atoms with Crippen molar-refractivity contribution < 1.29 is 14.7 Å². The second kappa shape index (κ2) is 8.44. The third kappa shape index (κ3) is 5.46. The molecule has 1 aliphatic carbocycles. The molecular weight excluding hydrogens is 306 g/mol. The number of carboxylic acid groups (broad SMARTS) is 1.